The summed E-state index contributed by atoms with van der Waals surface area (Å²) in [4.78, 5) is 12.1. The SMILES string of the molecule is CC1CCC(=O)C(C2NCC3CCCC32)C1. The summed E-state index contributed by atoms with van der Waals surface area (Å²) in [5, 5.41) is 3.66. The van der Waals surface area contributed by atoms with E-state index in [1.54, 1.807) is 0 Å². The number of hydrogen-bond donors (Lipinski definition) is 1. The van der Waals surface area contributed by atoms with Crippen LogP contribution in [0.4, 0.5) is 0 Å². The van der Waals surface area contributed by atoms with Crippen molar-refractivity contribution in [2.24, 2.45) is 23.7 Å². The summed E-state index contributed by atoms with van der Waals surface area (Å²) in [6.07, 6.45) is 7.24. The first-order chi connectivity index (χ1) is 7.75. The Bertz CT molecular complexity index is 288. The molecule has 0 aromatic rings. The second kappa shape index (κ2) is 4.14. The summed E-state index contributed by atoms with van der Waals surface area (Å²) in [6, 6.07) is 0.530. The van der Waals surface area contributed by atoms with E-state index >= 15 is 0 Å². The standard InChI is InChI=1S/C14H23NO/c1-9-5-6-13(16)12(7-9)14-11-4-2-3-10(11)8-15-14/h9-12,14-15H,2-8H2,1H3. The maximum absolute atomic E-state index is 12.1. The topological polar surface area (TPSA) is 29.1 Å². The van der Waals surface area contributed by atoms with Crippen LogP contribution in [0.1, 0.15) is 45.4 Å². The number of carbonyl (C=O) groups is 1. The number of fused-ring (bicyclic) bond motifs is 1. The largest absolute Gasteiger partial charge is 0.313 e. The van der Waals surface area contributed by atoms with Crippen molar-refractivity contribution in [3.8, 4) is 0 Å². The number of carbonyl (C=O) groups excluding carboxylic acids is 1. The first kappa shape index (κ1) is 10.8. The molecule has 1 N–H and O–H groups in total. The Morgan fingerprint density at radius 2 is 2.12 bits per heavy atom. The minimum Gasteiger partial charge on any atom is -0.313 e. The van der Waals surface area contributed by atoms with E-state index in [4.69, 9.17) is 0 Å². The number of hydrogen-bond acceptors (Lipinski definition) is 2. The highest BCUT2D eigenvalue weighted by Gasteiger charge is 2.45. The van der Waals surface area contributed by atoms with Gasteiger partial charge in [0.2, 0.25) is 0 Å². The number of ketones is 1. The molecule has 0 spiro atoms. The molecule has 5 unspecified atom stereocenters. The summed E-state index contributed by atoms with van der Waals surface area (Å²) in [6.45, 7) is 3.48. The van der Waals surface area contributed by atoms with Crippen LogP contribution in [0.5, 0.6) is 0 Å². The molecule has 0 aromatic heterocycles. The smallest absolute Gasteiger partial charge is 0.137 e. The van der Waals surface area contributed by atoms with Crippen LogP contribution in [0, 0.1) is 23.7 Å². The third-order valence-electron chi connectivity index (χ3n) is 5.18. The molecule has 1 aliphatic heterocycles. The van der Waals surface area contributed by atoms with Crippen molar-refractivity contribution < 1.29 is 4.79 Å². The molecule has 1 heterocycles. The Kier molecular flexibility index (Phi) is 2.78. The van der Waals surface area contributed by atoms with E-state index < -0.39 is 0 Å². The molecule has 3 aliphatic rings. The fourth-order valence-corrected chi connectivity index (χ4v) is 4.27. The Morgan fingerprint density at radius 3 is 3.00 bits per heavy atom. The monoisotopic (exact) mass is 221 g/mol. The average molecular weight is 221 g/mol. The zero-order chi connectivity index (χ0) is 11.1. The van der Waals surface area contributed by atoms with Gasteiger partial charge in [-0.2, -0.15) is 0 Å². The lowest BCUT2D eigenvalue weighted by Crippen LogP contribution is -2.42. The van der Waals surface area contributed by atoms with Crippen LogP contribution in [0.15, 0.2) is 0 Å². The molecule has 5 atom stereocenters. The minimum absolute atomic E-state index is 0.344. The van der Waals surface area contributed by atoms with Gasteiger partial charge in [-0.25, -0.2) is 0 Å². The zero-order valence-corrected chi connectivity index (χ0v) is 10.2. The molecule has 90 valence electrons. The highest BCUT2D eigenvalue weighted by molar-refractivity contribution is 5.82. The molecule has 2 saturated carbocycles. The number of rotatable bonds is 1. The molecule has 1 saturated heterocycles. The van der Waals surface area contributed by atoms with E-state index in [9.17, 15) is 4.79 Å². The van der Waals surface area contributed by atoms with E-state index in [1.165, 1.54) is 25.8 Å². The molecule has 3 rings (SSSR count). The normalized spacial score (nSPS) is 48.3. The molecular formula is C14H23NO. The summed E-state index contributed by atoms with van der Waals surface area (Å²) >= 11 is 0. The summed E-state index contributed by atoms with van der Waals surface area (Å²) in [7, 11) is 0. The fourth-order valence-electron chi connectivity index (χ4n) is 4.27. The molecule has 2 heteroatoms. The highest BCUT2D eigenvalue weighted by Crippen LogP contribution is 2.43. The van der Waals surface area contributed by atoms with Gasteiger partial charge in [-0.05, 0) is 50.0 Å². The van der Waals surface area contributed by atoms with Crippen LogP contribution >= 0.6 is 0 Å². The van der Waals surface area contributed by atoms with Crippen molar-refractivity contribution in [2.45, 2.75) is 51.5 Å². The molecule has 2 aliphatic carbocycles. The van der Waals surface area contributed by atoms with Crippen molar-refractivity contribution in [3.05, 3.63) is 0 Å². The van der Waals surface area contributed by atoms with Crippen LogP contribution in [0.25, 0.3) is 0 Å². The molecule has 3 fully saturated rings. The number of Topliss-reactive ketones (excluding diaryl/α,β-unsaturated/α-hetero) is 1. The molecule has 0 bridgehead atoms. The van der Waals surface area contributed by atoms with Crippen LogP contribution in [-0.2, 0) is 4.79 Å². The number of nitrogens with one attached hydrogen (secondary N) is 1. The van der Waals surface area contributed by atoms with Crippen LogP contribution in [0.3, 0.4) is 0 Å². The van der Waals surface area contributed by atoms with E-state index in [-0.39, 0.29) is 0 Å². The second-order valence-electron chi connectivity index (χ2n) is 6.24. The molecule has 0 radical (unpaired) electrons. The van der Waals surface area contributed by atoms with Crippen molar-refractivity contribution in [1.29, 1.82) is 0 Å². The quantitative estimate of drug-likeness (QED) is 0.736. The van der Waals surface area contributed by atoms with Gasteiger partial charge in [0, 0.05) is 18.4 Å². The van der Waals surface area contributed by atoms with Gasteiger partial charge in [-0.3, -0.25) is 4.79 Å². The van der Waals surface area contributed by atoms with Crippen molar-refractivity contribution in [3.63, 3.8) is 0 Å². The van der Waals surface area contributed by atoms with Gasteiger partial charge < -0.3 is 5.32 Å². The van der Waals surface area contributed by atoms with Gasteiger partial charge in [-0.15, -0.1) is 0 Å². The second-order valence-corrected chi connectivity index (χ2v) is 6.24. The Hall–Kier alpha value is -0.370. The van der Waals surface area contributed by atoms with Crippen LogP contribution in [-0.4, -0.2) is 18.4 Å². The summed E-state index contributed by atoms with van der Waals surface area (Å²) < 4.78 is 0. The van der Waals surface area contributed by atoms with Gasteiger partial charge >= 0.3 is 0 Å². The summed E-state index contributed by atoms with van der Waals surface area (Å²) in [5.41, 5.74) is 0. The van der Waals surface area contributed by atoms with Gasteiger partial charge in [0.25, 0.3) is 0 Å². The van der Waals surface area contributed by atoms with Crippen molar-refractivity contribution >= 4 is 5.78 Å². The summed E-state index contributed by atoms with van der Waals surface area (Å²) in [5.74, 6) is 3.35. The van der Waals surface area contributed by atoms with Crippen molar-refractivity contribution in [1.82, 2.24) is 5.32 Å². The van der Waals surface area contributed by atoms with Gasteiger partial charge in [-0.1, -0.05) is 13.3 Å². The van der Waals surface area contributed by atoms with E-state index in [0.29, 0.717) is 17.7 Å². The van der Waals surface area contributed by atoms with Crippen LogP contribution in [0.2, 0.25) is 0 Å². The zero-order valence-electron chi connectivity index (χ0n) is 10.2. The first-order valence-electron chi connectivity index (χ1n) is 7.02. The Labute approximate surface area is 98.2 Å². The third kappa shape index (κ3) is 1.71. The van der Waals surface area contributed by atoms with E-state index in [0.717, 1.165) is 37.0 Å². The van der Waals surface area contributed by atoms with E-state index in [1.807, 2.05) is 0 Å². The Balaban J connectivity index is 1.73. The predicted molar refractivity (Wildman–Crippen MR) is 64.1 cm³/mol. The predicted octanol–water partition coefficient (Wildman–Crippen LogP) is 2.38. The Morgan fingerprint density at radius 1 is 1.25 bits per heavy atom. The third-order valence-corrected chi connectivity index (χ3v) is 5.18. The van der Waals surface area contributed by atoms with Crippen molar-refractivity contribution in [2.75, 3.05) is 6.54 Å². The highest BCUT2D eigenvalue weighted by atomic mass is 16.1. The van der Waals surface area contributed by atoms with Gasteiger partial charge in [0.1, 0.15) is 5.78 Å². The van der Waals surface area contributed by atoms with Crippen LogP contribution < -0.4 is 5.32 Å². The molecule has 2 nitrogen and oxygen atoms in total. The molecular weight excluding hydrogens is 198 g/mol. The van der Waals surface area contributed by atoms with Gasteiger partial charge in [0.15, 0.2) is 0 Å². The minimum atomic E-state index is 0.344. The molecule has 16 heavy (non-hydrogen) atoms. The lowest BCUT2D eigenvalue weighted by atomic mass is 9.74. The van der Waals surface area contributed by atoms with Gasteiger partial charge in [0.05, 0.1) is 0 Å². The molecule has 0 aromatic carbocycles. The molecule has 0 amide bonds. The fraction of sp³-hybridized carbons (Fsp3) is 0.929. The maximum atomic E-state index is 12.1. The first-order valence-corrected chi connectivity index (χ1v) is 7.02. The lowest BCUT2D eigenvalue weighted by Gasteiger charge is -2.33. The maximum Gasteiger partial charge on any atom is 0.137 e. The lowest BCUT2D eigenvalue weighted by molar-refractivity contribution is -0.126. The average Bonchev–Trinajstić information content (AvgIpc) is 2.83. The van der Waals surface area contributed by atoms with E-state index in [2.05, 4.69) is 12.2 Å².